The molecule has 3 aromatic rings. The van der Waals surface area contributed by atoms with E-state index in [1.165, 1.54) is 10.6 Å². The van der Waals surface area contributed by atoms with Crippen LogP contribution in [0.1, 0.15) is 11.1 Å². The van der Waals surface area contributed by atoms with Gasteiger partial charge in [-0.3, -0.25) is 0 Å². The summed E-state index contributed by atoms with van der Waals surface area (Å²) in [7, 11) is -3.72. The Kier molecular flexibility index (Phi) is 5.13. The topological polar surface area (TPSA) is 66.1 Å². The van der Waals surface area contributed by atoms with E-state index in [1.54, 1.807) is 0 Å². The van der Waals surface area contributed by atoms with Crippen LogP contribution < -0.4 is 0 Å². The summed E-state index contributed by atoms with van der Waals surface area (Å²) in [4.78, 5) is 6.64. The second-order valence-corrected chi connectivity index (χ2v) is 7.89. The van der Waals surface area contributed by atoms with Crippen LogP contribution in [0.15, 0.2) is 76.6 Å². The highest BCUT2D eigenvalue weighted by Crippen LogP contribution is 2.24. The van der Waals surface area contributed by atoms with Crippen LogP contribution >= 0.6 is 15.9 Å². The molecule has 7 heteroatoms. The summed E-state index contributed by atoms with van der Waals surface area (Å²) in [6.07, 6.45) is 1.36. The van der Waals surface area contributed by atoms with Gasteiger partial charge in [0.15, 0.2) is 5.03 Å². The summed E-state index contributed by atoms with van der Waals surface area (Å²) in [5.41, 5.74) is 1.85. The van der Waals surface area contributed by atoms with E-state index in [0.717, 1.165) is 11.1 Å². The quantitative estimate of drug-likeness (QED) is 0.681. The Morgan fingerprint density at radius 2 is 1.42 bits per heavy atom. The molecule has 0 aliphatic heterocycles. The number of aromatic nitrogens is 2. The molecule has 0 unspecified atom stereocenters. The van der Waals surface area contributed by atoms with E-state index in [-0.39, 0.29) is 22.7 Å². The molecule has 0 saturated heterocycles. The highest BCUT2D eigenvalue weighted by molar-refractivity contribution is 9.10. The predicted octanol–water partition coefficient (Wildman–Crippen LogP) is 3.56. The number of rotatable bonds is 6. The Bertz CT molecular complexity index is 854. The Labute approximate surface area is 149 Å². The van der Waals surface area contributed by atoms with Crippen LogP contribution in [0.3, 0.4) is 0 Å². The standard InChI is InChI=1S/C17H16BrN3O2S/c18-16-17(20-13-19-16)24(22,23)21(11-14-7-3-1-4-8-14)12-15-9-5-2-6-10-15/h1-10,13H,11-12H2,(H,19,20). The summed E-state index contributed by atoms with van der Waals surface area (Å²) >= 11 is 3.19. The van der Waals surface area contributed by atoms with Crippen molar-refractivity contribution < 1.29 is 8.42 Å². The van der Waals surface area contributed by atoms with Gasteiger partial charge in [0.25, 0.3) is 10.0 Å². The average molecular weight is 406 g/mol. The third-order valence-electron chi connectivity index (χ3n) is 3.56. The van der Waals surface area contributed by atoms with Gasteiger partial charge >= 0.3 is 0 Å². The maximum Gasteiger partial charge on any atom is 0.261 e. The first-order chi connectivity index (χ1) is 11.6. The maximum atomic E-state index is 13.0. The van der Waals surface area contributed by atoms with Crippen LogP contribution in [0.4, 0.5) is 0 Å². The van der Waals surface area contributed by atoms with E-state index >= 15 is 0 Å². The minimum atomic E-state index is -3.72. The largest absolute Gasteiger partial charge is 0.334 e. The minimum Gasteiger partial charge on any atom is -0.334 e. The van der Waals surface area contributed by atoms with Crippen molar-refractivity contribution in [2.45, 2.75) is 18.1 Å². The Morgan fingerprint density at radius 1 is 0.917 bits per heavy atom. The van der Waals surface area contributed by atoms with Gasteiger partial charge < -0.3 is 4.98 Å². The van der Waals surface area contributed by atoms with Crippen molar-refractivity contribution in [3.05, 3.63) is 82.7 Å². The molecule has 0 aliphatic rings. The van der Waals surface area contributed by atoms with E-state index < -0.39 is 10.0 Å². The van der Waals surface area contributed by atoms with Gasteiger partial charge in [0.1, 0.15) is 4.60 Å². The van der Waals surface area contributed by atoms with Gasteiger partial charge in [0.2, 0.25) is 0 Å². The number of nitrogens with one attached hydrogen (secondary N) is 1. The molecule has 0 atom stereocenters. The first-order valence-electron chi connectivity index (χ1n) is 7.34. The van der Waals surface area contributed by atoms with Crippen molar-refractivity contribution in [1.29, 1.82) is 0 Å². The van der Waals surface area contributed by atoms with Gasteiger partial charge in [-0.05, 0) is 27.1 Å². The predicted molar refractivity (Wildman–Crippen MR) is 95.6 cm³/mol. The van der Waals surface area contributed by atoms with E-state index in [9.17, 15) is 8.42 Å². The second kappa shape index (κ2) is 7.29. The molecule has 0 spiro atoms. The van der Waals surface area contributed by atoms with E-state index in [4.69, 9.17) is 0 Å². The first kappa shape index (κ1) is 16.9. The Balaban J connectivity index is 1.96. The molecule has 0 bridgehead atoms. The number of halogens is 1. The van der Waals surface area contributed by atoms with Crippen molar-refractivity contribution in [3.63, 3.8) is 0 Å². The molecule has 1 aromatic heterocycles. The Morgan fingerprint density at radius 3 is 1.83 bits per heavy atom. The van der Waals surface area contributed by atoms with Gasteiger partial charge in [-0.2, -0.15) is 4.31 Å². The summed E-state index contributed by atoms with van der Waals surface area (Å²) < 4.78 is 27.8. The van der Waals surface area contributed by atoms with E-state index in [2.05, 4.69) is 25.9 Å². The van der Waals surface area contributed by atoms with E-state index in [1.807, 2.05) is 60.7 Å². The van der Waals surface area contributed by atoms with Crippen molar-refractivity contribution in [1.82, 2.24) is 14.3 Å². The molecule has 2 aromatic carbocycles. The molecular weight excluding hydrogens is 390 g/mol. The smallest absolute Gasteiger partial charge is 0.261 e. The summed E-state index contributed by atoms with van der Waals surface area (Å²) in [6, 6.07) is 19.1. The number of imidazole rings is 1. The zero-order chi connectivity index (χ0) is 17.0. The first-order valence-corrected chi connectivity index (χ1v) is 9.57. The zero-order valence-electron chi connectivity index (χ0n) is 12.8. The number of H-pyrrole nitrogens is 1. The van der Waals surface area contributed by atoms with Gasteiger partial charge in [0.05, 0.1) is 6.33 Å². The molecule has 0 aliphatic carbocycles. The minimum absolute atomic E-state index is 0.0642. The Hall–Kier alpha value is -1.96. The summed E-state index contributed by atoms with van der Waals surface area (Å²) in [6.45, 7) is 0.563. The molecule has 24 heavy (non-hydrogen) atoms. The van der Waals surface area contributed by atoms with Gasteiger partial charge in [0, 0.05) is 13.1 Å². The fourth-order valence-electron chi connectivity index (χ4n) is 2.38. The van der Waals surface area contributed by atoms with Gasteiger partial charge in [-0.1, -0.05) is 60.7 Å². The highest BCUT2D eigenvalue weighted by atomic mass is 79.9. The summed E-state index contributed by atoms with van der Waals surface area (Å²) in [5.74, 6) is 0. The van der Waals surface area contributed by atoms with Crippen molar-refractivity contribution in [2.24, 2.45) is 0 Å². The van der Waals surface area contributed by atoms with Gasteiger partial charge in [-0.15, -0.1) is 0 Å². The van der Waals surface area contributed by atoms with Crippen molar-refractivity contribution in [3.8, 4) is 0 Å². The monoisotopic (exact) mass is 405 g/mol. The molecule has 124 valence electrons. The van der Waals surface area contributed by atoms with Crippen LogP contribution in [-0.2, 0) is 23.1 Å². The molecule has 3 rings (SSSR count). The second-order valence-electron chi connectivity index (χ2n) is 5.27. The SMILES string of the molecule is O=S(=O)(c1[nH]cnc1Br)N(Cc1ccccc1)Cc1ccccc1. The molecule has 5 nitrogen and oxygen atoms in total. The number of sulfonamides is 1. The van der Waals surface area contributed by atoms with E-state index in [0.29, 0.717) is 0 Å². The normalized spacial score (nSPS) is 11.8. The fourth-order valence-corrected chi connectivity index (χ4v) is 4.57. The van der Waals surface area contributed by atoms with Gasteiger partial charge in [-0.25, -0.2) is 13.4 Å². The number of hydrogen-bond acceptors (Lipinski definition) is 3. The van der Waals surface area contributed by atoms with Crippen LogP contribution in [-0.4, -0.2) is 22.7 Å². The van der Waals surface area contributed by atoms with Crippen molar-refractivity contribution in [2.75, 3.05) is 0 Å². The lowest BCUT2D eigenvalue weighted by molar-refractivity contribution is 0.399. The van der Waals surface area contributed by atoms with Crippen LogP contribution in [0.2, 0.25) is 0 Å². The number of benzene rings is 2. The van der Waals surface area contributed by atoms with Crippen LogP contribution in [0, 0.1) is 0 Å². The van der Waals surface area contributed by atoms with Crippen molar-refractivity contribution >= 4 is 26.0 Å². The highest BCUT2D eigenvalue weighted by Gasteiger charge is 2.28. The molecule has 0 saturated carbocycles. The maximum absolute atomic E-state index is 13.0. The van der Waals surface area contributed by atoms with Crippen LogP contribution in [0.25, 0.3) is 0 Å². The summed E-state index contributed by atoms with van der Waals surface area (Å²) in [5, 5.41) is 0.0642. The number of aromatic amines is 1. The zero-order valence-corrected chi connectivity index (χ0v) is 15.2. The lowest BCUT2D eigenvalue weighted by atomic mass is 10.2. The number of nitrogens with zero attached hydrogens (tertiary/aromatic N) is 2. The molecule has 0 radical (unpaired) electrons. The lowest BCUT2D eigenvalue weighted by Crippen LogP contribution is -2.30. The average Bonchev–Trinajstić information content (AvgIpc) is 3.03. The lowest BCUT2D eigenvalue weighted by Gasteiger charge is -2.22. The molecule has 0 fully saturated rings. The third kappa shape index (κ3) is 3.75. The molecule has 1 heterocycles. The molecule has 0 amide bonds. The molecule has 1 N–H and O–H groups in total. The third-order valence-corrected chi connectivity index (χ3v) is 6.19. The fraction of sp³-hybridized carbons (Fsp3) is 0.118. The molecular formula is C17H16BrN3O2S. The van der Waals surface area contributed by atoms with Crippen LogP contribution in [0.5, 0.6) is 0 Å². The number of hydrogen-bond donors (Lipinski definition) is 1.